The highest BCUT2D eigenvalue weighted by atomic mass is 16.5. The Morgan fingerprint density at radius 3 is 2.76 bits per heavy atom. The van der Waals surface area contributed by atoms with Crippen LogP contribution >= 0.6 is 0 Å². The van der Waals surface area contributed by atoms with Crippen molar-refractivity contribution in [2.24, 2.45) is 5.92 Å². The standard InChI is InChI=1S/C18H23NO2/c1-3-19-18(16-8-9-21-12-16)15-5-4-14-11-17(20-2)7-6-13(14)10-15/h4-7,10-11,16,18-19H,3,8-9,12H2,1-2H3. The molecule has 1 N–H and O–H groups in total. The molecule has 0 aromatic heterocycles. The minimum atomic E-state index is 0.379. The average Bonchev–Trinajstić information content (AvgIpc) is 3.05. The minimum Gasteiger partial charge on any atom is -0.497 e. The Hall–Kier alpha value is -1.58. The largest absolute Gasteiger partial charge is 0.497 e. The van der Waals surface area contributed by atoms with E-state index in [1.165, 1.54) is 16.3 Å². The maximum Gasteiger partial charge on any atom is 0.119 e. The Bertz CT molecular complexity index is 605. The highest BCUT2D eigenvalue weighted by Gasteiger charge is 2.26. The Morgan fingerprint density at radius 2 is 2.05 bits per heavy atom. The lowest BCUT2D eigenvalue weighted by Crippen LogP contribution is -2.28. The maximum atomic E-state index is 5.57. The predicted molar refractivity (Wildman–Crippen MR) is 85.8 cm³/mol. The van der Waals surface area contributed by atoms with Gasteiger partial charge in [0, 0.05) is 18.6 Å². The van der Waals surface area contributed by atoms with E-state index < -0.39 is 0 Å². The van der Waals surface area contributed by atoms with Gasteiger partial charge in [-0.25, -0.2) is 0 Å². The molecule has 2 atom stereocenters. The summed E-state index contributed by atoms with van der Waals surface area (Å²) in [5.41, 5.74) is 1.35. The van der Waals surface area contributed by atoms with Gasteiger partial charge in [-0.2, -0.15) is 0 Å². The van der Waals surface area contributed by atoms with Crippen molar-refractivity contribution in [2.45, 2.75) is 19.4 Å². The van der Waals surface area contributed by atoms with Gasteiger partial charge >= 0.3 is 0 Å². The first kappa shape index (κ1) is 14.4. The van der Waals surface area contributed by atoms with Gasteiger partial charge in [0.05, 0.1) is 13.7 Å². The second-order valence-corrected chi connectivity index (χ2v) is 5.63. The van der Waals surface area contributed by atoms with Gasteiger partial charge in [-0.1, -0.05) is 25.1 Å². The summed E-state index contributed by atoms with van der Waals surface area (Å²) in [7, 11) is 1.71. The molecule has 3 rings (SSSR count). The van der Waals surface area contributed by atoms with Crippen LogP contribution in [0.3, 0.4) is 0 Å². The van der Waals surface area contributed by atoms with E-state index in [1.54, 1.807) is 7.11 Å². The third-order valence-electron chi connectivity index (χ3n) is 4.29. The molecule has 2 aromatic rings. The van der Waals surface area contributed by atoms with Crippen molar-refractivity contribution in [1.29, 1.82) is 0 Å². The molecule has 21 heavy (non-hydrogen) atoms. The lowest BCUT2D eigenvalue weighted by atomic mass is 9.91. The van der Waals surface area contributed by atoms with Crippen LogP contribution in [0.25, 0.3) is 10.8 Å². The monoisotopic (exact) mass is 285 g/mol. The highest BCUT2D eigenvalue weighted by Crippen LogP contribution is 2.31. The zero-order valence-corrected chi connectivity index (χ0v) is 12.8. The SMILES string of the molecule is CCNC(c1ccc2cc(OC)ccc2c1)C1CCOC1. The van der Waals surface area contributed by atoms with Crippen LogP contribution in [0, 0.1) is 5.92 Å². The van der Waals surface area contributed by atoms with E-state index in [1.807, 2.05) is 6.07 Å². The van der Waals surface area contributed by atoms with Crippen molar-refractivity contribution < 1.29 is 9.47 Å². The lowest BCUT2D eigenvalue weighted by molar-refractivity contribution is 0.177. The molecule has 1 saturated heterocycles. The Morgan fingerprint density at radius 1 is 1.24 bits per heavy atom. The number of ether oxygens (including phenoxy) is 2. The molecule has 1 fully saturated rings. The minimum absolute atomic E-state index is 0.379. The number of rotatable bonds is 5. The summed E-state index contributed by atoms with van der Waals surface area (Å²) >= 11 is 0. The van der Waals surface area contributed by atoms with Crippen LogP contribution in [0.4, 0.5) is 0 Å². The molecule has 1 aliphatic heterocycles. The summed E-state index contributed by atoms with van der Waals surface area (Å²) in [5, 5.41) is 6.10. The molecule has 3 heteroatoms. The first-order valence-electron chi connectivity index (χ1n) is 7.70. The van der Waals surface area contributed by atoms with E-state index in [9.17, 15) is 0 Å². The third-order valence-corrected chi connectivity index (χ3v) is 4.29. The maximum absolute atomic E-state index is 5.57. The predicted octanol–water partition coefficient (Wildman–Crippen LogP) is 3.54. The molecule has 0 aliphatic carbocycles. The first-order valence-corrected chi connectivity index (χ1v) is 7.70. The Balaban J connectivity index is 1.93. The van der Waals surface area contributed by atoms with E-state index in [2.05, 4.69) is 42.6 Å². The molecular weight excluding hydrogens is 262 g/mol. The number of fused-ring (bicyclic) bond motifs is 1. The Kier molecular flexibility index (Phi) is 4.42. The normalized spacial score (nSPS) is 19.8. The molecule has 112 valence electrons. The number of methoxy groups -OCH3 is 1. The molecule has 0 amide bonds. The summed E-state index contributed by atoms with van der Waals surface area (Å²) in [6.45, 7) is 4.88. The summed E-state index contributed by atoms with van der Waals surface area (Å²) in [5.74, 6) is 1.48. The van der Waals surface area contributed by atoms with Crippen molar-refractivity contribution in [1.82, 2.24) is 5.32 Å². The molecule has 0 radical (unpaired) electrons. The van der Waals surface area contributed by atoms with Gasteiger partial charge in [0.25, 0.3) is 0 Å². The second kappa shape index (κ2) is 6.46. The van der Waals surface area contributed by atoms with Gasteiger partial charge in [0.2, 0.25) is 0 Å². The molecule has 1 heterocycles. The molecule has 0 saturated carbocycles. The van der Waals surface area contributed by atoms with E-state index in [0.717, 1.165) is 31.9 Å². The molecule has 0 spiro atoms. The van der Waals surface area contributed by atoms with Crippen molar-refractivity contribution in [3.63, 3.8) is 0 Å². The third kappa shape index (κ3) is 3.04. The smallest absolute Gasteiger partial charge is 0.119 e. The molecule has 1 aliphatic rings. The van der Waals surface area contributed by atoms with Gasteiger partial charge in [0.15, 0.2) is 0 Å². The first-order chi connectivity index (χ1) is 10.3. The molecule has 3 nitrogen and oxygen atoms in total. The summed E-state index contributed by atoms with van der Waals surface area (Å²) < 4.78 is 10.9. The fourth-order valence-electron chi connectivity index (χ4n) is 3.15. The quantitative estimate of drug-likeness (QED) is 0.911. The number of hydrogen-bond donors (Lipinski definition) is 1. The summed E-state index contributed by atoms with van der Waals surface area (Å²) in [4.78, 5) is 0. The van der Waals surface area contributed by atoms with E-state index in [0.29, 0.717) is 12.0 Å². The van der Waals surface area contributed by atoms with Crippen molar-refractivity contribution in [3.05, 3.63) is 42.0 Å². The Labute approximate surface area is 126 Å². The van der Waals surface area contributed by atoms with Crippen LogP contribution in [0.1, 0.15) is 24.9 Å². The molecule has 2 aromatic carbocycles. The fraction of sp³-hybridized carbons (Fsp3) is 0.444. The van der Waals surface area contributed by atoms with Crippen LogP contribution in [-0.4, -0.2) is 26.9 Å². The van der Waals surface area contributed by atoms with Crippen LogP contribution in [0.2, 0.25) is 0 Å². The van der Waals surface area contributed by atoms with Gasteiger partial charge in [-0.05, 0) is 47.5 Å². The van der Waals surface area contributed by atoms with E-state index >= 15 is 0 Å². The van der Waals surface area contributed by atoms with Crippen molar-refractivity contribution >= 4 is 10.8 Å². The van der Waals surface area contributed by atoms with Crippen LogP contribution in [0.15, 0.2) is 36.4 Å². The van der Waals surface area contributed by atoms with Crippen molar-refractivity contribution in [3.8, 4) is 5.75 Å². The zero-order chi connectivity index (χ0) is 14.7. The highest BCUT2D eigenvalue weighted by molar-refractivity contribution is 5.84. The zero-order valence-electron chi connectivity index (χ0n) is 12.8. The second-order valence-electron chi connectivity index (χ2n) is 5.63. The lowest BCUT2D eigenvalue weighted by Gasteiger charge is -2.24. The summed E-state index contributed by atoms with van der Waals surface area (Å²) in [6.07, 6.45) is 1.14. The van der Waals surface area contributed by atoms with Crippen LogP contribution in [-0.2, 0) is 4.74 Å². The summed E-state index contributed by atoms with van der Waals surface area (Å²) in [6, 6.07) is 13.3. The van der Waals surface area contributed by atoms with Gasteiger partial charge < -0.3 is 14.8 Å². The van der Waals surface area contributed by atoms with Crippen LogP contribution < -0.4 is 10.1 Å². The van der Waals surface area contributed by atoms with Gasteiger partial charge in [0.1, 0.15) is 5.75 Å². The van der Waals surface area contributed by atoms with E-state index in [-0.39, 0.29) is 0 Å². The van der Waals surface area contributed by atoms with Crippen molar-refractivity contribution in [2.75, 3.05) is 26.9 Å². The molecule has 2 unspecified atom stereocenters. The topological polar surface area (TPSA) is 30.5 Å². The fourth-order valence-corrected chi connectivity index (χ4v) is 3.15. The average molecular weight is 285 g/mol. The number of benzene rings is 2. The van der Waals surface area contributed by atoms with Crippen LogP contribution in [0.5, 0.6) is 5.75 Å². The van der Waals surface area contributed by atoms with Gasteiger partial charge in [-0.15, -0.1) is 0 Å². The molecule has 0 bridgehead atoms. The number of hydrogen-bond acceptors (Lipinski definition) is 3. The van der Waals surface area contributed by atoms with E-state index in [4.69, 9.17) is 9.47 Å². The van der Waals surface area contributed by atoms with Gasteiger partial charge in [-0.3, -0.25) is 0 Å². The molecular formula is C18H23NO2. The number of nitrogens with one attached hydrogen (secondary N) is 1.